The number of anilines is 2. The highest BCUT2D eigenvalue weighted by Gasteiger charge is 2.16. The quantitative estimate of drug-likeness (QED) is 0.634. The van der Waals surface area contributed by atoms with E-state index in [2.05, 4.69) is 16.4 Å². The largest absolute Gasteiger partial charge is 0.497 e. The van der Waals surface area contributed by atoms with Crippen molar-refractivity contribution < 1.29 is 9.53 Å². The predicted octanol–water partition coefficient (Wildman–Crippen LogP) is 4.41. The van der Waals surface area contributed by atoms with Crippen molar-refractivity contribution in [2.24, 2.45) is 0 Å². The maximum atomic E-state index is 13.0. The fourth-order valence-electron chi connectivity index (χ4n) is 3.03. The van der Waals surface area contributed by atoms with Gasteiger partial charge in [-0.2, -0.15) is 0 Å². The molecule has 144 valence electrons. The van der Waals surface area contributed by atoms with Crippen LogP contribution in [0.2, 0.25) is 0 Å². The van der Waals surface area contributed by atoms with Crippen molar-refractivity contribution in [2.45, 2.75) is 13.3 Å². The summed E-state index contributed by atoms with van der Waals surface area (Å²) in [5.41, 5.74) is 2.68. The Morgan fingerprint density at radius 2 is 1.89 bits per heavy atom. The number of nitrogens with zero attached hydrogens (tertiary/aromatic N) is 2. The molecule has 3 aromatic rings. The fraction of sp³-hybridized carbons (Fsp3) is 0.217. The van der Waals surface area contributed by atoms with Crippen LogP contribution in [0, 0.1) is 0 Å². The van der Waals surface area contributed by atoms with Crippen LogP contribution in [0.4, 0.5) is 11.5 Å². The lowest BCUT2D eigenvalue weighted by atomic mass is 10.1. The minimum Gasteiger partial charge on any atom is -0.497 e. The summed E-state index contributed by atoms with van der Waals surface area (Å²) in [6.45, 7) is 3.29. The van der Waals surface area contributed by atoms with E-state index in [1.54, 1.807) is 30.3 Å². The monoisotopic (exact) mass is 375 g/mol. The molecule has 0 spiro atoms. The van der Waals surface area contributed by atoms with Gasteiger partial charge in [0.05, 0.1) is 7.11 Å². The molecule has 5 heteroatoms. The molecule has 0 fully saturated rings. The summed E-state index contributed by atoms with van der Waals surface area (Å²) in [6, 6.07) is 21.2. The smallest absolute Gasteiger partial charge is 0.258 e. The van der Waals surface area contributed by atoms with Crippen LogP contribution in [-0.4, -0.2) is 31.1 Å². The lowest BCUT2D eigenvalue weighted by molar-refractivity contribution is 0.0988. The summed E-state index contributed by atoms with van der Waals surface area (Å²) >= 11 is 0. The summed E-state index contributed by atoms with van der Waals surface area (Å²) in [5.74, 6) is 1.51. The second-order valence-corrected chi connectivity index (χ2v) is 6.34. The third-order valence-electron chi connectivity index (χ3n) is 4.49. The van der Waals surface area contributed by atoms with Crippen LogP contribution in [0.5, 0.6) is 5.75 Å². The summed E-state index contributed by atoms with van der Waals surface area (Å²) in [4.78, 5) is 19.0. The first-order chi connectivity index (χ1) is 13.7. The third-order valence-corrected chi connectivity index (χ3v) is 4.49. The van der Waals surface area contributed by atoms with Crippen LogP contribution in [0.1, 0.15) is 22.8 Å². The van der Waals surface area contributed by atoms with Gasteiger partial charge in [-0.25, -0.2) is 4.98 Å². The van der Waals surface area contributed by atoms with E-state index in [1.807, 2.05) is 55.5 Å². The molecule has 1 aromatic heterocycles. The fourth-order valence-corrected chi connectivity index (χ4v) is 3.03. The summed E-state index contributed by atoms with van der Waals surface area (Å²) in [6.07, 6.45) is 2.50. The van der Waals surface area contributed by atoms with Gasteiger partial charge in [0.1, 0.15) is 11.6 Å². The number of carbonyl (C=O) groups excluding carboxylic acids is 1. The van der Waals surface area contributed by atoms with E-state index < -0.39 is 0 Å². The molecule has 0 radical (unpaired) electrons. The molecule has 0 bridgehead atoms. The number of benzene rings is 2. The molecule has 0 saturated heterocycles. The van der Waals surface area contributed by atoms with Crippen molar-refractivity contribution >= 4 is 17.4 Å². The van der Waals surface area contributed by atoms with Crippen LogP contribution < -0.4 is 15.0 Å². The van der Waals surface area contributed by atoms with Gasteiger partial charge < -0.3 is 15.0 Å². The number of amides is 1. The van der Waals surface area contributed by atoms with Crippen molar-refractivity contribution in [3.05, 3.63) is 84.1 Å². The number of nitrogens with one attached hydrogen (secondary N) is 1. The van der Waals surface area contributed by atoms with Crippen LogP contribution in [0.3, 0.4) is 0 Å². The van der Waals surface area contributed by atoms with Gasteiger partial charge in [-0.05, 0) is 55.3 Å². The Morgan fingerprint density at radius 1 is 1.07 bits per heavy atom. The molecule has 3 rings (SSSR count). The molecule has 0 unspecified atom stereocenters. The van der Waals surface area contributed by atoms with Gasteiger partial charge in [-0.15, -0.1) is 0 Å². The van der Waals surface area contributed by atoms with Crippen LogP contribution >= 0.6 is 0 Å². The molecule has 5 nitrogen and oxygen atoms in total. The highest BCUT2D eigenvalue weighted by molar-refractivity contribution is 6.06. The topological polar surface area (TPSA) is 54.5 Å². The maximum Gasteiger partial charge on any atom is 0.258 e. The number of methoxy groups -OCH3 is 1. The van der Waals surface area contributed by atoms with E-state index in [1.165, 1.54) is 5.56 Å². The molecule has 2 aromatic carbocycles. The average Bonchev–Trinajstić information content (AvgIpc) is 2.75. The van der Waals surface area contributed by atoms with Crippen molar-refractivity contribution in [3.8, 4) is 5.75 Å². The number of pyridine rings is 1. The zero-order valence-corrected chi connectivity index (χ0v) is 16.3. The van der Waals surface area contributed by atoms with Crippen molar-refractivity contribution in [3.63, 3.8) is 0 Å². The number of ether oxygens (including phenoxy) is 1. The number of para-hydroxylation sites is 1. The zero-order chi connectivity index (χ0) is 19.8. The number of aromatic nitrogens is 1. The molecule has 0 aliphatic rings. The Morgan fingerprint density at radius 3 is 2.64 bits per heavy atom. The number of hydrogen-bond acceptors (Lipinski definition) is 4. The lowest BCUT2D eigenvalue weighted by Gasteiger charge is -2.21. The predicted molar refractivity (Wildman–Crippen MR) is 113 cm³/mol. The van der Waals surface area contributed by atoms with Gasteiger partial charge >= 0.3 is 0 Å². The van der Waals surface area contributed by atoms with E-state index in [0.29, 0.717) is 24.5 Å². The minimum absolute atomic E-state index is 0.0352. The van der Waals surface area contributed by atoms with Gasteiger partial charge in [0.2, 0.25) is 0 Å². The molecule has 1 amide bonds. The second-order valence-electron chi connectivity index (χ2n) is 6.34. The Hall–Kier alpha value is -3.34. The minimum atomic E-state index is -0.0352. The molecular weight excluding hydrogens is 350 g/mol. The first-order valence-electron chi connectivity index (χ1n) is 9.41. The molecule has 1 heterocycles. The van der Waals surface area contributed by atoms with Gasteiger partial charge in [-0.3, -0.25) is 4.79 Å². The Labute approximate surface area is 166 Å². The Bertz CT molecular complexity index is 912. The molecule has 0 saturated carbocycles. The highest BCUT2D eigenvalue weighted by Crippen LogP contribution is 2.18. The summed E-state index contributed by atoms with van der Waals surface area (Å²) < 4.78 is 5.26. The van der Waals surface area contributed by atoms with Gasteiger partial charge in [0.25, 0.3) is 5.91 Å². The van der Waals surface area contributed by atoms with Crippen molar-refractivity contribution in [2.75, 3.05) is 30.4 Å². The van der Waals surface area contributed by atoms with Gasteiger partial charge in [-0.1, -0.05) is 30.3 Å². The Kier molecular flexibility index (Phi) is 6.63. The van der Waals surface area contributed by atoms with Gasteiger partial charge in [0, 0.05) is 30.5 Å². The van der Waals surface area contributed by atoms with Crippen molar-refractivity contribution in [1.82, 2.24) is 4.98 Å². The first-order valence-corrected chi connectivity index (χ1v) is 9.41. The average molecular weight is 375 g/mol. The van der Waals surface area contributed by atoms with E-state index in [-0.39, 0.29) is 5.91 Å². The van der Waals surface area contributed by atoms with Crippen LogP contribution in [-0.2, 0) is 6.42 Å². The highest BCUT2D eigenvalue weighted by atomic mass is 16.5. The number of carbonyl (C=O) groups is 1. The van der Waals surface area contributed by atoms with E-state index in [4.69, 9.17) is 4.74 Å². The molecule has 0 aliphatic carbocycles. The Balaban J connectivity index is 1.65. The van der Waals surface area contributed by atoms with E-state index in [9.17, 15) is 4.79 Å². The first kappa shape index (κ1) is 19.4. The molecule has 1 N–H and O–H groups in total. The normalized spacial score (nSPS) is 10.4. The maximum absolute atomic E-state index is 13.0. The number of rotatable bonds is 8. The van der Waals surface area contributed by atoms with E-state index >= 15 is 0 Å². The van der Waals surface area contributed by atoms with Crippen molar-refractivity contribution in [1.29, 1.82) is 0 Å². The molecular formula is C23H25N3O2. The van der Waals surface area contributed by atoms with Crippen LogP contribution in [0.25, 0.3) is 0 Å². The van der Waals surface area contributed by atoms with E-state index in [0.717, 1.165) is 17.9 Å². The standard InChI is InChI=1S/C23H25N3O2/c1-3-26(20-9-5-4-6-10-20)23(27)19-13-15-25-22(17-19)24-14-12-18-8-7-11-21(16-18)28-2/h4-11,13,15-17H,3,12,14H2,1-2H3,(H,24,25). The second kappa shape index (κ2) is 9.55. The molecule has 0 atom stereocenters. The third kappa shape index (κ3) is 4.88. The SMILES string of the molecule is CCN(C(=O)c1ccnc(NCCc2cccc(OC)c2)c1)c1ccccc1. The van der Waals surface area contributed by atoms with Crippen LogP contribution in [0.15, 0.2) is 72.9 Å². The number of hydrogen-bond donors (Lipinski definition) is 1. The molecule has 0 aliphatic heterocycles. The zero-order valence-electron chi connectivity index (χ0n) is 16.3. The summed E-state index contributed by atoms with van der Waals surface area (Å²) in [7, 11) is 1.67. The molecule has 28 heavy (non-hydrogen) atoms. The van der Waals surface area contributed by atoms with Gasteiger partial charge in [0.15, 0.2) is 0 Å². The summed E-state index contributed by atoms with van der Waals surface area (Å²) in [5, 5.41) is 3.30. The lowest BCUT2D eigenvalue weighted by Crippen LogP contribution is -2.30.